The zero-order valence-electron chi connectivity index (χ0n) is 11.9. The summed E-state index contributed by atoms with van der Waals surface area (Å²) in [7, 11) is 1.29. The number of aryl methyl sites for hydroxylation is 1. The maximum Gasteiger partial charge on any atom is 0.345 e. The molecule has 2 rings (SSSR count). The molecule has 2 heterocycles. The van der Waals surface area contributed by atoms with E-state index in [0.29, 0.717) is 38.3 Å². The number of piperidine rings is 1. The third-order valence-corrected chi connectivity index (χ3v) is 3.56. The van der Waals surface area contributed by atoms with Crippen molar-refractivity contribution in [3.8, 4) is 6.07 Å². The summed E-state index contributed by atoms with van der Waals surface area (Å²) >= 11 is 0. The molecule has 3 N–H and O–H groups in total. The molecule has 0 aliphatic carbocycles. The molecule has 0 radical (unpaired) electrons. The van der Waals surface area contributed by atoms with Gasteiger partial charge in [0.25, 0.3) is 0 Å². The Hall–Kier alpha value is -2.27. The number of nitrogens with zero attached hydrogens (tertiary/aromatic N) is 4. The molecule has 21 heavy (non-hydrogen) atoms. The summed E-state index contributed by atoms with van der Waals surface area (Å²) in [6.45, 7) is 1.52. The quantitative estimate of drug-likeness (QED) is 0.757. The topological polar surface area (TPSA) is 117 Å². The highest BCUT2D eigenvalue weighted by Gasteiger charge is 2.28. The molecule has 1 aromatic rings. The number of carbonyl (C=O) groups is 1. The molecule has 0 aromatic carbocycles. The molecule has 0 bridgehead atoms. The van der Waals surface area contributed by atoms with E-state index in [0.717, 1.165) is 0 Å². The lowest BCUT2D eigenvalue weighted by molar-refractivity contribution is 0.0602. The molecule has 1 fully saturated rings. The van der Waals surface area contributed by atoms with Gasteiger partial charge < -0.3 is 20.5 Å². The van der Waals surface area contributed by atoms with Crippen molar-refractivity contribution in [2.75, 3.05) is 30.8 Å². The van der Waals surface area contributed by atoms with E-state index >= 15 is 0 Å². The number of aliphatic hydroxyl groups is 1. The number of hydrogen-bond acceptors (Lipinski definition) is 7. The van der Waals surface area contributed by atoms with Crippen molar-refractivity contribution in [1.29, 1.82) is 5.26 Å². The van der Waals surface area contributed by atoms with Crippen molar-refractivity contribution in [2.24, 2.45) is 0 Å². The highest BCUT2D eigenvalue weighted by atomic mass is 16.5. The molecule has 1 aliphatic rings. The molecule has 0 amide bonds. The molecule has 114 valence electrons. The molecule has 1 saturated heterocycles. The Bertz CT molecular complexity index is 555. The van der Waals surface area contributed by atoms with Crippen molar-refractivity contribution in [1.82, 2.24) is 9.78 Å². The van der Waals surface area contributed by atoms with Gasteiger partial charge >= 0.3 is 5.97 Å². The standard InChI is InChI=1S/C13H19N5O3/c1-21-13(20)10-11(15)18(6-2-5-14)16-12(10)17-7-3-9(19)4-8-17/h9,19H,2-4,6-8,15H2,1H3. The van der Waals surface area contributed by atoms with Gasteiger partial charge in [0.05, 0.1) is 32.2 Å². The zero-order chi connectivity index (χ0) is 15.4. The average Bonchev–Trinajstić information content (AvgIpc) is 2.82. The van der Waals surface area contributed by atoms with E-state index in [4.69, 9.17) is 15.7 Å². The third kappa shape index (κ3) is 3.08. The Morgan fingerprint density at radius 2 is 2.24 bits per heavy atom. The van der Waals surface area contributed by atoms with Gasteiger partial charge in [0, 0.05) is 13.1 Å². The van der Waals surface area contributed by atoms with E-state index in [9.17, 15) is 9.90 Å². The highest BCUT2D eigenvalue weighted by Crippen LogP contribution is 2.28. The van der Waals surface area contributed by atoms with Crippen LogP contribution in [0.2, 0.25) is 0 Å². The van der Waals surface area contributed by atoms with E-state index in [1.54, 1.807) is 0 Å². The molecular formula is C13H19N5O3. The molecule has 0 spiro atoms. The van der Waals surface area contributed by atoms with Gasteiger partial charge in [-0.1, -0.05) is 0 Å². The van der Waals surface area contributed by atoms with Crippen molar-refractivity contribution in [3.05, 3.63) is 5.56 Å². The van der Waals surface area contributed by atoms with Gasteiger partial charge in [0.15, 0.2) is 5.82 Å². The van der Waals surface area contributed by atoms with E-state index < -0.39 is 5.97 Å². The van der Waals surface area contributed by atoms with Gasteiger partial charge in [-0.05, 0) is 12.8 Å². The van der Waals surface area contributed by atoms with Crippen LogP contribution in [0.1, 0.15) is 29.6 Å². The summed E-state index contributed by atoms with van der Waals surface area (Å²) in [5.74, 6) is 0.124. The van der Waals surface area contributed by atoms with Crippen LogP contribution in [0.3, 0.4) is 0 Å². The maximum atomic E-state index is 12.0. The van der Waals surface area contributed by atoms with Gasteiger partial charge in [-0.3, -0.25) is 0 Å². The normalized spacial score (nSPS) is 15.8. The van der Waals surface area contributed by atoms with Crippen molar-refractivity contribution >= 4 is 17.6 Å². The number of aliphatic hydroxyl groups excluding tert-OH is 1. The largest absolute Gasteiger partial charge is 0.465 e. The lowest BCUT2D eigenvalue weighted by Gasteiger charge is -2.30. The van der Waals surface area contributed by atoms with Crippen LogP contribution in [0.5, 0.6) is 0 Å². The monoisotopic (exact) mass is 293 g/mol. The number of nitrogen functional groups attached to an aromatic ring is 1. The first-order valence-corrected chi connectivity index (χ1v) is 6.83. The predicted octanol–water partition coefficient (Wildman–Crippen LogP) is 0.127. The Labute approximate surface area is 122 Å². The van der Waals surface area contributed by atoms with E-state index in [1.165, 1.54) is 11.8 Å². The van der Waals surface area contributed by atoms with Crippen molar-refractivity contribution in [3.63, 3.8) is 0 Å². The lowest BCUT2D eigenvalue weighted by atomic mass is 10.1. The fourth-order valence-corrected chi connectivity index (χ4v) is 2.39. The highest BCUT2D eigenvalue weighted by molar-refractivity contribution is 5.99. The van der Waals surface area contributed by atoms with Gasteiger partial charge in [0.2, 0.25) is 0 Å². The number of aromatic nitrogens is 2. The van der Waals surface area contributed by atoms with Crippen LogP contribution in [0.15, 0.2) is 0 Å². The number of hydrogen-bond donors (Lipinski definition) is 2. The van der Waals surface area contributed by atoms with Gasteiger partial charge in [0.1, 0.15) is 11.4 Å². The maximum absolute atomic E-state index is 12.0. The van der Waals surface area contributed by atoms with Crippen LogP contribution in [0, 0.1) is 11.3 Å². The summed E-state index contributed by atoms with van der Waals surface area (Å²) in [5, 5.41) is 22.6. The van der Waals surface area contributed by atoms with E-state index in [2.05, 4.69) is 5.10 Å². The summed E-state index contributed by atoms with van der Waals surface area (Å²) < 4.78 is 6.23. The molecular weight excluding hydrogens is 274 g/mol. The van der Waals surface area contributed by atoms with E-state index in [-0.39, 0.29) is 23.9 Å². The van der Waals surface area contributed by atoms with Crippen LogP contribution in [-0.4, -0.2) is 47.2 Å². The number of methoxy groups -OCH3 is 1. The molecule has 0 saturated carbocycles. The molecule has 8 heteroatoms. The summed E-state index contributed by atoms with van der Waals surface area (Å²) in [5.41, 5.74) is 6.20. The molecule has 1 aliphatic heterocycles. The van der Waals surface area contributed by atoms with Crippen LogP contribution in [-0.2, 0) is 11.3 Å². The Morgan fingerprint density at radius 1 is 1.57 bits per heavy atom. The first-order valence-electron chi connectivity index (χ1n) is 6.83. The first-order chi connectivity index (χ1) is 10.1. The minimum absolute atomic E-state index is 0.207. The minimum Gasteiger partial charge on any atom is -0.465 e. The SMILES string of the molecule is COC(=O)c1c(N2CCC(O)CC2)nn(CCC#N)c1N. The first kappa shape index (κ1) is 15.1. The number of nitrogens with two attached hydrogens (primary N) is 1. The third-order valence-electron chi connectivity index (χ3n) is 3.56. The summed E-state index contributed by atoms with van der Waals surface area (Å²) in [4.78, 5) is 13.9. The molecule has 0 unspecified atom stereocenters. The Kier molecular flexibility index (Phi) is 4.65. The lowest BCUT2D eigenvalue weighted by Crippen LogP contribution is -2.37. The van der Waals surface area contributed by atoms with Gasteiger partial charge in [-0.2, -0.15) is 10.4 Å². The molecule has 8 nitrogen and oxygen atoms in total. The number of ether oxygens (including phenoxy) is 1. The fourth-order valence-electron chi connectivity index (χ4n) is 2.39. The Morgan fingerprint density at radius 3 is 2.81 bits per heavy atom. The minimum atomic E-state index is -0.545. The van der Waals surface area contributed by atoms with E-state index in [1.807, 2.05) is 11.0 Å². The van der Waals surface area contributed by atoms with Crippen molar-refractivity contribution in [2.45, 2.75) is 31.9 Å². The number of carbonyl (C=O) groups excluding carboxylic acids is 1. The van der Waals surface area contributed by atoms with Crippen LogP contribution >= 0.6 is 0 Å². The zero-order valence-corrected chi connectivity index (χ0v) is 11.9. The second-order valence-electron chi connectivity index (χ2n) is 4.92. The molecule has 0 atom stereocenters. The Balaban J connectivity index is 2.34. The fraction of sp³-hybridized carbons (Fsp3) is 0.615. The van der Waals surface area contributed by atoms with Crippen LogP contribution in [0.25, 0.3) is 0 Å². The predicted molar refractivity (Wildman–Crippen MR) is 75.7 cm³/mol. The summed E-state index contributed by atoms with van der Waals surface area (Å²) in [6, 6.07) is 2.02. The summed E-state index contributed by atoms with van der Waals surface area (Å²) in [6.07, 6.45) is 1.17. The average molecular weight is 293 g/mol. The van der Waals surface area contributed by atoms with Gasteiger partial charge in [-0.15, -0.1) is 0 Å². The smallest absolute Gasteiger partial charge is 0.345 e. The van der Waals surface area contributed by atoms with Crippen LogP contribution < -0.4 is 10.6 Å². The number of rotatable bonds is 4. The van der Waals surface area contributed by atoms with Gasteiger partial charge in [-0.25, -0.2) is 9.48 Å². The second kappa shape index (κ2) is 6.45. The molecule has 1 aromatic heterocycles. The number of nitriles is 1. The van der Waals surface area contributed by atoms with Crippen LogP contribution in [0.4, 0.5) is 11.6 Å². The number of esters is 1. The second-order valence-corrected chi connectivity index (χ2v) is 4.92. The number of anilines is 2. The van der Waals surface area contributed by atoms with Crippen molar-refractivity contribution < 1.29 is 14.6 Å².